The number of nitrogens with zero attached hydrogens (tertiary/aromatic N) is 1. The minimum absolute atomic E-state index is 0.179. The van der Waals surface area contributed by atoms with Crippen molar-refractivity contribution in [3.63, 3.8) is 0 Å². The quantitative estimate of drug-likeness (QED) is 0.818. The SMILES string of the molecule is Clc1ccccc1-n1ccc([C@H]2OCCS2)c1. The molecule has 0 bridgehead atoms. The smallest absolute Gasteiger partial charge is 0.130 e. The molecule has 0 saturated carbocycles. The lowest BCUT2D eigenvalue weighted by Crippen LogP contribution is -1.93. The van der Waals surface area contributed by atoms with Gasteiger partial charge >= 0.3 is 0 Å². The van der Waals surface area contributed by atoms with Gasteiger partial charge in [-0.15, -0.1) is 11.8 Å². The molecular formula is C13H12ClNOS. The first-order valence-electron chi connectivity index (χ1n) is 5.50. The summed E-state index contributed by atoms with van der Waals surface area (Å²) in [6.45, 7) is 0.840. The van der Waals surface area contributed by atoms with Crippen molar-refractivity contribution in [2.75, 3.05) is 12.4 Å². The minimum atomic E-state index is 0.179. The molecule has 1 aliphatic rings. The maximum atomic E-state index is 6.17. The van der Waals surface area contributed by atoms with Crippen molar-refractivity contribution < 1.29 is 4.74 Å². The number of hydrogen-bond acceptors (Lipinski definition) is 2. The molecule has 2 heterocycles. The van der Waals surface area contributed by atoms with Gasteiger partial charge in [-0.25, -0.2) is 0 Å². The van der Waals surface area contributed by atoms with E-state index in [0.29, 0.717) is 0 Å². The maximum Gasteiger partial charge on any atom is 0.130 e. The van der Waals surface area contributed by atoms with Crippen molar-refractivity contribution in [2.45, 2.75) is 5.44 Å². The molecule has 1 aromatic carbocycles. The Balaban J connectivity index is 1.92. The summed E-state index contributed by atoms with van der Waals surface area (Å²) in [7, 11) is 0. The maximum absolute atomic E-state index is 6.17. The standard InChI is InChI=1S/C13H12ClNOS/c14-11-3-1-2-4-12(11)15-6-5-10(9-15)13-16-7-8-17-13/h1-6,9,13H,7-8H2/t13-/m0/s1. The van der Waals surface area contributed by atoms with E-state index in [1.807, 2.05) is 46.8 Å². The normalized spacial score (nSPS) is 19.7. The Morgan fingerprint density at radius 1 is 1.29 bits per heavy atom. The fourth-order valence-electron chi connectivity index (χ4n) is 1.91. The van der Waals surface area contributed by atoms with Crippen LogP contribution in [0.3, 0.4) is 0 Å². The second kappa shape index (κ2) is 4.77. The van der Waals surface area contributed by atoms with Crippen LogP contribution in [0.5, 0.6) is 0 Å². The first-order chi connectivity index (χ1) is 8.34. The lowest BCUT2D eigenvalue weighted by Gasteiger charge is -2.07. The molecular weight excluding hydrogens is 254 g/mol. The van der Waals surface area contributed by atoms with Crippen LogP contribution in [0.1, 0.15) is 11.0 Å². The van der Waals surface area contributed by atoms with Gasteiger partial charge in [0.15, 0.2) is 0 Å². The van der Waals surface area contributed by atoms with Crippen LogP contribution in [0.2, 0.25) is 5.02 Å². The highest BCUT2D eigenvalue weighted by Crippen LogP contribution is 2.35. The molecule has 0 N–H and O–H groups in total. The lowest BCUT2D eigenvalue weighted by molar-refractivity contribution is 0.145. The van der Waals surface area contributed by atoms with Crippen LogP contribution in [0.15, 0.2) is 42.7 Å². The van der Waals surface area contributed by atoms with Gasteiger partial charge in [-0.3, -0.25) is 0 Å². The van der Waals surface area contributed by atoms with E-state index < -0.39 is 0 Å². The molecule has 2 aromatic rings. The van der Waals surface area contributed by atoms with Crippen LogP contribution in [-0.2, 0) is 4.74 Å². The highest BCUT2D eigenvalue weighted by Gasteiger charge is 2.19. The molecule has 0 aliphatic carbocycles. The predicted octanol–water partition coefficient (Wildman–Crippen LogP) is 3.89. The first-order valence-corrected chi connectivity index (χ1v) is 6.93. The Morgan fingerprint density at radius 3 is 2.94 bits per heavy atom. The summed E-state index contributed by atoms with van der Waals surface area (Å²) in [5.74, 6) is 1.07. The molecule has 0 spiro atoms. The summed E-state index contributed by atoms with van der Waals surface area (Å²) in [4.78, 5) is 0. The zero-order valence-corrected chi connectivity index (χ0v) is 10.7. The number of aromatic nitrogens is 1. The van der Waals surface area contributed by atoms with E-state index in [9.17, 15) is 0 Å². The molecule has 0 unspecified atom stereocenters. The van der Waals surface area contributed by atoms with Crippen LogP contribution >= 0.6 is 23.4 Å². The number of thioether (sulfide) groups is 1. The van der Waals surface area contributed by atoms with Crippen LogP contribution < -0.4 is 0 Å². The Bertz CT molecular complexity index is 520. The molecule has 1 aromatic heterocycles. The van der Waals surface area contributed by atoms with E-state index in [1.165, 1.54) is 5.56 Å². The highest BCUT2D eigenvalue weighted by molar-refractivity contribution is 7.99. The summed E-state index contributed by atoms with van der Waals surface area (Å²) in [6, 6.07) is 9.92. The Kier molecular flexibility index (Phi) is 3.14. The summed E-state index contributed by atoms with van der Waals surface area (Å²) < 4.78 is 7.68. The van der Waals surface area contributed by atoms with E-state index in [2.05, 4.69) is 12.3 Å². The number of benzene rings is 1. The Hall–Kier alpha value is -0.900. The molecule has 4 heteroatoms. The molecule has 0 radical (unpaired) electrons. The number of para-hydroxylation sites is 1. The zero-order chi connectivity index (χ0) is 11.7. The van der Waals surface area contributed by atoms with Crippen LogP contribution in [0, 0.1) is 0 Å². The summed E-state index contributed by atoms with van der Waals surface area (Å²) in [6.07, 6.45) is 4.11. The predicted molar refractivity (Wildman–Crippen MR) is 71.9 cm³/mol. The molecule has 2 nitrogen and oxygen atoms in total. The highest BCUT2D eigenvalue weighted by atomic mass is 35.5. The summed E-state index contributed by atoms with van der Waals surface area (Å²) >= 11 is 8.01. The van der Waals surface area contributed by atoms with Gasteiger partial charge in [0.2, 0.25) is 0 Å². The largest absolute Gasteiger partial charge is 0.362 e. The third-order valence-corrected chi connectivity index (χ3v) is 4.17. The average Bonchev–Trinajstić information content (AvgIpc) is 3.00. The van der Waals surface area contributed by atoms with Gasteiger partial charge < -0.3 is 9.30 Å². The monoisotopic (exact) mass is 265 g/mol. The zero-order valence-electron chi connectivity index (χ0n) is 9.17. The molecule has 1 fully saturated rings. The van der Waals surface area contributed by atoms with E-state index in [4.69, 9.17) is 16.3 Å². The van der Waals surface area contributed by atoms with Crippen molar-refractivity contribution in [2.24, 2.45) is 0 Å². The van der Waals surface area contributed by atoms with Gasteiger partial charge in [0.1, 0.15) is 5.44 Å². The van der Waals surface area contributed by atoms with E-state index >= 15 is 0 Å². The fourth-order valence-corrected chi connectivity index (χ4v) is 3.08. The fraction of sp³-hybridized carbons (Fsp3) is 0.231. The van der Waals surface area contributed by atoms with Gasteiger partial charge in [0.25, 0.3) is 0 Å². The molecule has 1 saturated heterocycles. The molecule has 1 aliphatic heterocycles. The second-order valence-corrected chi connectivity index (χ2v) is 5.45. The summed E-state index contributed by atoms with van der Waals surface area (Å²) in [5, 5.41) is 0.759. The lowest BCUT2D eigenvalue weighted by atomic mass is 10.3. The van der Waals surface area contributed by atoms with Crippen molar-refractivity contribution in [1.82, 2.24) is 4.57 Å². The summed E-state index contributed by atoms with van der Waals surface area (Å²) in [5.41, 5.74) is 2.38. The van der Waals surface area contributed by atoms with Gasteiger partial charge in [-0.1, -0.05) is 23.7 Å². The number of ether oxygens (including phenoxy) is 1. The van der Waals surface area contributed by atoms with Crippen molar-refractivity contribution >= 4 is 23.4 Å². The second-order valence-electron chi connectivity index (χ2n) is 3.88. The third kappa shape index (κ3) is 2.23. The van der Waals surface area contributed by atoms with Gasteiger partial charge in [0.05, 0.1) is 17.3 Å². The number of halogens is 1. The number of hydrogen-bond donors (Lipinski definition) is 0. The van der Waals surface area contributed by atoms with Crippen molar-refractivity contribution in [1.29, 1.82) is 0 Å². The van der Waals surface area contributed by atoms with Gasteiger partial charge in [-0.05, 0) is 18.2 Å². The Labute approximate surface area is 110 Å². The molecule has 88 valence electrons. The van der Waals surface area contributed by atoms with Crippen molar-refractivity contribution in [3.05, 3.63) is 53.3 Å². The molecule has 17 heavy (non-hydrogen) atoms. The van der Waals surface area contributed by atoms with Crippen LogP contribution in [0.25, 0.3) is 5.69 Å². The van der Waals surface area contributed by atoms with Crippen molar-refractivity contribution in [3.8, 4) is 5.69 Å². The van der Waals surface area contributed by atoms with Gasteiger partial charge in [0, 0.05) is 23.7 Å². The van der Waals surface area contributed by atoms with E-state index in [0.717, 1.165) is 23.1 Å². The molecule has 0 amide bonds. The van der Waals surface area contributed by atoms with E-state index in [1.54, 1.807) is 0 Å². The van der Waals surface area contributed by atoms with Crippen LogP contribution in [-0.4, -0.2) is 16.9 Å². The Morgan fingerprint density at radius 2 is 2.18 bits per heavy atom. The van der Waals surface area contributed by atoms with Gasteiger partial charge in [-0.2, -0.15) is 0 Å². The average molecular weight is 266 g/mol. The van der Waals surface area contributed by atoms with E-state index in [-0.39, 0.29) is 5.44 Å². The molecule has 3 rings (SSSR count). The van der Waals surface area contributed by atoms with Crippen LogP contribution in [0.4, 0.5) is 0 Å². The number of rotatable bonds is 2. The molecule has 1 atom stereocenters. The first kappa shape index (κ1) is 11.2. The third-order valence-electron chi connectivity index (χ3n) is 2.74. The topological polar surface area (TPSA) is 14.2 Å². The minimum Gasteiger partial charge on any atom is -0.362 e.